The summed E-state index contributed by atoms with van der Waals surface area (Å²) in [6.07, 6.45) is 3.14. The van der Waals surface area contributed by atoms with Crippen LogP contribution in [-0.2, 0) is 16.0 Å². The van der Waals surface area contributed by atoms with Crippen molar-refractivity contribution < 1.29 is 29.4 Å². The second-order valence-corrected chi connectivity index (χ2v) is 9.83. The van der Waals surface area contributed by atoms with Crippen molar-refractivity contribution in [2.45, 2.75) is 16.5 Å². The first kappa shape index (κ1) is 27.3. The fourth-order valence-electron chi connectivity index (χ4n) is 3.38. The summed E-state index contributed by atoms with van der Waals surface area (Å²) in [5.41, 5.74) is 1.20. The highest BCUT2D eigenvalue weighted by Gasteiger charge is 2.17. The highest BCUT2D eigenvalue weighted by atomic mass is 32.2. The Morgan fingerprint density at radius 1 is 0.718 bits per heavy atom. The SMILES string of the molecule is O=C(CSc1cn[nH]n1)Nc1ccc(Cc2ccc(NC(=O)CSc3cn[nH]n3)c(C(=O)O)c2)cc1C(=O)O. The van der Waals surface area contributed by atoms with Gasteiger partial charge in [0.2, 0.25) is 11.8 Å². The Hall–Kier alpha value is -4.70. The summed E-state index contributed by atoms with van der Waals surface area (Å²) in [6.45, 7) is 0. The lowest BCUT2D eigenvalue weighted by Gasteiger charge is -2.12. The van der Waals surface area contributed by atoms with Crippen LogP contribution >= 0.6 is 23.5 Å². The first-order valence-corrected chi connectivity index (χ1v) is 13.0. The summed E-state index contributed by atoms with van der Waals surface area (Å²) < 4.78 is 0. The lowest BCUT2D eigenvalue weighted by molar-refractivity contribution is -0.114. The number of hydrogen-bond acceptors (Lipinski definition) is 10. The Bertz CT molecular complexity index is 1380. The van der Waals surface area contributed by atoms with Crippen LogP contribution < -0.4 is 10.6 Å². The number of H-pyrrole nitrogens is 2. The van der Waals surface area contributed by atoms with E-state index in [-0.39, 0.29) is 40.4 Å². The fraction of sp³-hybridized carbons (Fsp3) is 0.130. The summed E-state index contributed by atoms with van der Waals surface area (Å²) in [7, 11) is 0. The number of nitrogens with zero attached hydrogens (tertiary/aromatic N) is 4. The summed E-state index contributed by atoms with van der Waals surface area (Å²) in [6, 6.07) is 9.08. The summed E-state index contributed by atoms with van der Waals surface area (Å²) in [4.78, 5) is 48.3. The van der Waals surface area contributed by atoms with E-state index in [1.807, 2.05) is 0 Å². The van der Waals surface area contributed by atoms with Gasteiger partial charge in [-0.1, -0.05) is 35.7 Å². The summed E-state index contributed by atoms with van der Waals surface area (Å²) >= 11 is 2.28. The van der Waals surface area contributed by atoms with Gasteiger partial charge in [-0.15, -0.1) is 10.2 Å². The van der Waals surface area contributed by atoms with Crippen molar-refractivity contribution >= 4 is 58.7 Å². The van der Waals surface area contributed by atoms with E-state index in [4.69, 9.17) is 0 Å². The van der Waals surface area contributed by atoms with Gasteiger partial charge in [-0.2, -0.15) is 20.6 Å². The number of anilines is 2. The van der Waals surface area contributed by atoms with E-state index in [9.17, 15) is 29.4 Å². The minimum absolute atomic E-state index is 0.00704. The van der Waals surface area contributed by atoms with Crippen molar-refractivity contribution in [1.29, 1.82) is 0 Å². The van der Waals surface area contributed by atoms with Crippen LogP contribution in [0.25, 0.3) is 0 Å². The molecular formula is C23H20N8O6S2. The highest BCUT2D eigenvalue weighted by molar-refractivity contribution is 8.00. The smallest absolute Gasteiger partial charge is 0.337 e. The van der Waals surface area contributed by atoms with Crippen LogP contribution in [0.2, 0.25) is 0 Å². The van der Waals surface area contributed by atoms with Crippen LogP contribution in [0.3, 0.4) is 0 Å². The largest absolute Gasteiger partial charge is 0.478 e. The van der Waals surface area contributed by atoms with E-state index in [1.54, 1.807) is 12.1 Å². The maximum absolute atomic E-state index is 12.3. The molecule has 200 valence electrons. The van der Waals surface area contributed by atoms with Gasteiger partial charge in [0.25, 0.3) is 0 Å². The third kappa shape index (κ3) is 7.65. The zero-order valence-electron chi connectivity index (χ0n) is 19.9. The number of aromatic nitrogens is 6. The Morgan fingerprint density at radius 2 is 1.15 bits per heavy atom. The second-order valence-electron chi connectivity index (χ2n) is 7.84. The molecule has 0 atom stereocenters. The molecule has 0 saturated heterocycles. The number of benzene rings is 2. The Balaban J connectivity index is 1.43. The molecule has 16 heteroatoms. The standard InChI is InChI=1S/C23H20N8O6S2/c32-18(10-38-20-8-24-30-28-20)26-16-3-1-12(6-14(16)22(34)35)5-13-2-4-17(15(7-13)23(36)37)27-19(33)11-39-21-9-25-31-29-21/h1-4,6-9H,5,10-11H2,(H,26,32)(H,27,33)(H,34,35)(H,36,37)(H,24,28,30)(H,25,29,31). The number of carbonyl (C=O) groups is 4. The summed E-state index contributed by atoms with van der Waals surface area (Å²) in [5.74, 6) is -3.28. The highest BCUT2D eigenvalue weighted by Crippen LogP contribution is 2.24. The van der Waals surface area contributed by atoms with Crippen molar-refractivity contribution in [2.24, 2.45) is 0 Å². The first-order chi connectivity index (χ1) is 18.8. The van der Waals surface area contributed by atoms with Gasteiger partial charge in [-0.3, -0.25) is 9.59 Å². The molecule has 2 amide bonds. The number of carboxylic acids is 2. The molecule has 14 nitrogen and oxygen atoms in total. The van der Waals surface area contributed by atoms with Gasteiger partial charge in [-0.05, 0) is 41.8 Å². The van der Waals surface area contributed by atoms with Gasteiger partial charge >= 0.3 is 11.9 Å². The number of rotatable bonds is 12. The molecule has 0 spiro atoms. The molecule has 0 aliphatic rings. The molecule has 39 heavy (non-hydrogen) atoms. The fourth-order valence-corrected chi connectivity index (χ4v) is 4.55. The number of thioether (sulfide) groups is 2. The molecule has 0 aliphatic carbocycles. The van der Waals surface area contributed by atoms with Crippen molar-refractivity contribution in [1.82, 2.24) is 30.8 Å². The van der Waals surface area contributed by atoms with Crippen molar-refractivity contribution in [3.8, 4) is 0 Å². The Labute approximate surface area is 228 Å². The number of hydrogen-bond donors (Lipinski definition) is 6. The number of carbonyl (C=O) groups excluding carboxylic acids is 2. The Kier molecular flexibility index (Phi) is 8.90. The number of aromatic carboxylic acids is 2. The van der Waals surface area contributed by atoms with E-state index < -0.39 is 23.8 Å². The van der Waals surface area contributed by atoms with Gasteiger partial charge in [-0.25, -0.2) is 9.59 Å². The van der Waals surface area contributed by atoms with Crippen molar-refractivity contribution in [3.05, 3.63) is 71.0 Å². The molecule has 2 heterocycles. The first-order valence-electron chi connectivity index (χ1n) is 11.1. The van der Waals surface area contributed by atoms with E-state index in [1.165, 1.54) is 36.7 Å². The van der Waals surface area contributed by atoms with Crippen molar-refractivity contribution in [3.63, 3.8) is 0 Å². The van der Waals surface area contributed by atoms with Gasteiger partial charge in [0, 0.05) is 0 Å². The second kappa shape index (κ2) is 12.7. The van der Waals surface area contributed by atoms with E-state index in [0.717, 1.165) is 23.5 Å². The average Bonchev–Trinajstić information content (AvgIpc) is 3.62. The maximum atomic E-state index is 12.3. The molecule has 0 radical (unpaired) electrons. The number of carboxylic acid groups (broad SMARTS) is 2. The Morgan fingerprint density at radius 3 is 1.51 bits per heavy atom. The number of aromatic amines is 2. The van der Waals surface area contributed by atoms with Crippen LogP contribution in [0.5, 0.6) is 0 Å². The third-order valence-corrected chi connectivity index (χ3v) is 6.87. The van der Waals surface area contributed by atoms with Crippen LogP contribution in [0.4, 0.5) is 11.4 Å². The van der Waals surface area contributed by atoms with E-state index in [2.05, 4.69) is 41.5 Å². The molecule has 4 aromatic rings. The molecule has 2 aromatic heterocycles. The van der Waals surface area contributed by atoms with Gasteiger partial charge < -0.3 is 20.8 Å². The number of nitrogens with one attached hydrogen (secondary N) is 4. The van der Waals surface area contributed by atoms with E-state index >= 15 is 0 Å². The van der Waals surface area contributed by atoms with Crippen LogP contribution in [0, 0.1) is 0 Å². The van der Waals surface area contributed by atoms with Gasteiger partial charge in [0.05, 0.1) is 46.4 Å². The predicted octanol–water partition coefficient (Wildman–Crippen LogP) is 2.37. The monoisotopic (exact) mass is 568 g/mol. The summed E-state index contributed by atoms with van der Waals surface area (Å²) in [5, 5.41) is 45.4. The average molecular weight is 569 g/mol. The molecule has 0 unspecified atom stereocenters. The predicted molar refractivity (Wildman–Crippen MR) is 141 cm³/mol. The molecule has 4 rings (SSSR count). The minimum Gasteiger partial charge on any atom is -0.478 e. The topological polar surface area (TPSA) is 216 Å². The zero-order valence-corrected chi connectivity index (χ0v) is 21.5. The van der Waals surface area contributed by atoms with Crippen LogP contribution in [0.15, 0.2) is 58.8 Å². The molecule has 0 fully saturated rings. The molecular weight excluding hydrogens is 548 g/mol. The molecule has 0 saturated carbocycles. The quantitative estimate of drug-likeness (QED) is 0.136. The molecule has 2 aromatic carbocycles. The lowest BCUT2D eigenvalue weighted by Crippen LogP contribution is -2.17. The lowest BCUT2D eigenvalue weighted by atomic mass is 9.99. The zero-order chi connectivity index (χ0) is 27.8. The van der Waals surface area contributed by atoms with Crippen LogP contribution in [-0.4, -0.2) is 76.3 Å². The molecule has 6 N–H and O–H groups in total. The molecule has 0 bridgehead atoms. The van der Waals surface area contributed by atoms with E-state index in [0.29, 0.717) is 21.2 Å². The number of amides is 2. The van der Waals surface area contributed by atoms with Gasteiger partial charge in [0.15, 0.2) is 0 Å². The maximum Gasteiger partial charge on any atom is 0.337 e. The minimum atomic E-state index is -1.23. The van der Waals surface area contributed by atoms with Gasteiger partial charge in [0.1, 0.15) is 10.1 Å². The van der Waals surface area contributed by atoms with Crippen LogP contribution in [0.1, 0.15) is 31.8 Å². The normalized spacial score (nSPS) is 10.7. The van der Waals surface area contributed by atoms with Crippen molar-refractivity contribution in [2.75, 3.05) is 22.1 Å². The third-order valence-electron chi connectivity index (χ3n) is 5.07. The molecule has 0 aliphatic heterocycles.